The first kappa shape index (κ1) is 20.6. The fraction of sp³-hybridized carbons (Fsp3) is 0.304. The number of aryl methyl sites for hydroxylation is 1. The predicted octanol–water partition coefficient (Wildman–Crippen LogP) is 3.92. The van der Waals surface area contributed by atoms with Crippen molar-refractivity contribution in [1.82, 2.24) is 10.3 Å². The summed E-state index contributed by atoms with van der Waals surface area (Å²) in [7, 11) is 0. The van der Waals surface area contributed by atoms with Gasteiger partial charge in [0.25, 0.3) is 5.91 Å². The minimum absolute atomic E-state index is 0.257. The van der Waals surface area contributed by atoms with Crippen LogP contribution in [0.3, 0.4) is 0 Å². The van der Waals surface area contributed by atoms with E-state index in [1.54, 1.807) is 19.1 Å². The fourth-order valence-corrected chi connectivity index (χ4v) is 3.20. The fourth-order valence-electron chi connectivity index (χ4n) is 3.20. The molecule has 1 heterocycles. The quantitative estimate of drug-likeness (QED) is 0.539. The second-order valence-corrected chi connectivity index (χ2v) is 7.01. The van der Waals surface area contributed by atoms with Gasteiger partial charge in [-0.05, 0) is 55.5 Å². The minimum atomic E-state index is -0.844. The van der Waals surface area contributed by atoms with Crippen molar-refractivity contribution in [3.05, 3.63) is 71.7 Å². The van der Waals surface area contributed by atoms with Crippen LogP contribution in [0.5, 0.6) is 0 Å². The number of amides is 1. The SMILES string of the molecule is C[C@@H](OC(=O)CCCc1c[nH]c2ccccc12)C(=O)NCCc1ccc(F)cc1. The van der Waals surface area contributed by atoms with Gasteiger partial charge in [0.2, 0.25) is 0 Å². The maximum Gasteiger partial charge on any atom is 0.306 e. The van der Waals surface area contributed by atoms with Gasteiger partial charge in [-0.15, -0.1) is 0 Å². The number of aromatic amines is 1. The van der Waals surface area contributed by atoms with E-state index in [9.17, 15) is 14.0 Å². The number of para-hydroxylation sites is 1. The molecule has 0 aliphatic rings. The summed E-state index contributed by atoms with van der Waals surface area (Å²) in [5.74, 6) is -1.01. The van der Waals surface area contributed by atoms with Gasteiger partial charge in [-0.3, -0.25) is 9.59 Å². The molecule has 0 spiro atoms. The van der Waals surface area contributed by atoms with E-state index in [4.69, 9.17) is 4.74 Å². The average molecular weight is 396 g/mol. The standard InChI is InChI=1S/C23H25FN2O3/c1-16(23(28)25-14-13-17-9-11-19(24)12-10-17)29-22(27)8-4-5-18-15-26-21-7-3-2-6-20(18)21/h2-3,6-7,9-12,15-16,26H,4-5,8,13-14H2,1H3,(H,25,28)/t16-/m1/s1. The summed E-state index contributed by atoms with van der Waals surface area (Å²) in [4.78, 5) is 27.3. The largest absolute Gasteiger partial charge is 0.453 e. The number of rotatable bonds is 9. The number of ether oxygens (including phenoxy) is 1. The molecule has 3 rings (SSSR count). The summed E-state index contributed by atoms with van der Waals surface area (Å²) in [5, 5.41) is 3.90. The van der Waals surface area contributed by atoms with Gasteiger partial charge in [-0.25, -0.2) is 4.39 Å². The van der Waals surface area contributed by atoms with E-state index in [0.717, 1.165) is 22.9 Å². The van der Waals surface area contributed by atoms with Crippen molar-refractivity contribution in [1.29, 1.82) is 0 Å². The van der Waals surface area contributed by atoms with Crippen LogP contribution < -0.4 is 5.32 Å². The van der Waals surface area contributed by atoms with E-state index >= 15 is 0 Å². The Morgan fingerprint density at radius 1 is 1.10 bits per heavy atom. The molecule has 0 bridgehead atoms. The van der Waals surface area contributed by atoms with Gasteiger partial charge in [-0.1, -0.05) is 30.3 Å². The zero-order valence-corrected chi connectivity index (χ0v) is 16.4. The summed E-state index contributed by atoms with van der Waals surface area (Å²) in [5.41, 5.74) is 3.17. The van der Waals surface area contributed by atoms with Gasteiger partial charge in [0.15, 0.2) is 6.10 Å². The van der Waals surface area contributed by atoms with Crippen molar-refractivity contribution in [3.63, 3.8) is 0 Å². The highest BCUT2D eigenvalue weighted by Crippen LogP contribution is 2.19. The van der Waals surface area contributed by atoms with Crippen LogP contribution in [0.25, 0.3) is 10.9 Å². The molecule has 0 aliphatic carbocycles. The number of hydrogen-bond donors (Lipinski definition) is 2. The normalized spacial score (nSPS) is 11.9. The van der Waals surface area contributed by atoms with Crippen molar-refractivity contribution in [3.8, 4) is 0 Å². The van der Waals surface area contributed by atoms with Crippen molar-refractivity contribution >= 4 is 22.8 Å². The summed E-state index contributed by atoms with van der Waals surface area (Å²) >= 11 is 0. The van der Waals surface area contributed by atoms with Crippen LogP contribution in [-0.4, -0.2) is 29.5 Å². The third kappa shape index (κ3) is 5.91. The predicted molar refractivity (Wildman–Crippen MR) is 110 cm³/mol. The van der Waals surface area contributed by atoms with Crippen LogP contribution in [0.15, 0.2) is 54.7 Å². The highest BCUT2D eigenvalue weighted by Gasteiger charge is 2.17. The number of fused-ring (bicyclic) bond motifs is 1. The number of carbonyl (C=O) groups excluding carboxylic acids is 2. The number of carbonyl (C=O) groups is 2. The Balaban J connectivity index is 1.35. The zero-order valence-electron chi connectivity index (χ0n) is 16.4. The molecule has 1 aromatic heterocycles. The van der Waals surface area contributed by atoms with Gasteiger partial charge >= 0.3 is 5.97 Å². The number of halogens is 1. The summed E-state index contributed by atoms with van der Waals surface area (Å²) in [6.45, 7) is 1.96. The van der Waals surface area contributed by atoms with Gasteiger partial charge in [-0.2, -0.15) is 0 Å². The Bertz CT molecular complexity index is 966. The second-order valence-electron chi connectivity index (χ2n) is 7.01. The van der Waals surface area contributed by atoms with E-state index in [2.05, 4.69) is 16.4 Å². The zero-order chi connectivity index (χ0) is 20.6. The highest BCUT2D eigenvalue weighted by atomic mass is 19.1. The number of benzene rings is 2. The van der Waals surface area contributed by atoms with Gasteiger partial charge in [0, 0.05) is 30.1 Å². The molecular weight excluding hydrogens is 371 g/mol. The maximum atomic E-state index is 12.9. The third-order valence-corrected chi connectivity index (χ3v) is 4.81. The molecule has 152 valence electrons. The van der Waals surface area contributed by atoms with E-state index in [0.29, 0.717) is 19.4 Å². The average Bonchev–Trinajstić information content (AvgIpc) is 3.12. The van der Waals surface area contributed by atoms with Gasteiger partial charge in [0.1, 0.15) is 5.82 Å². The lowest BCUT2D eigenvalue weighted by Crippen LogP contribution is -2.36. The van der Waals surface area contributed by atoms with Gasteiger partial charge in [0.05, 0.1) is 0 Å². The molecule has 0 saturated heterocycles. The lowest BCUT2D eigenvalue weighted by molar-refractivity contribution is -0.154. The first-order valence-electron chi connectivity index (χ1n) is 9.79. The topological polar surface area (TPSA) is 71.2 Å². The van der Waals surface area contributed by atoms with Crippen LogP contribution in [-0.2, 0) is 27.2 Å². The molecule has 0 saturated carbocycles. The third-order valence-electron chi connectivity index (χ3n) is 4.81. The lowest BCUT2D eigenvalue weighted by atomic mass is 10.1. The number of nitrogens with one attached hydrogen (secondary N) is 2. The molecule has 2 N–H and O–H groups in total. The van der Waals surface area contributed by atoms with E-state index < -0.39 is 6.10 Å². The van der Waals surface area contributed by atoms with Crippen LogP contribution in [0, 0.1) is 5.82 Å². The molecule has 0 aliphatic heterocycles. The molecule has 0 radical (unpaired) electrons. The summed E-state index contributed by atoms with van der Waals surface area (Å²) in [6, 6.07) is 14.2. The summed E-state index contributed by atoms with van der Waals surface area (Å²) < 4.78 is 18.1. The van der Waals surface area contributed by atoms with E-state index in [-0.39, 0.29) is 24.1 Å². The molecule has 5 nitrogen and oxygen atoms in total. The first-order chi connectivity index (χ1) is 14.0. The molecule has 3 aromatic rings. The summed E-state index contributed by atoms with van der Waals surface area (Å²) in [6.07, 6.45) is 3.37. The maximum absolute atomic E-state index is 12.9. The van der Waals surface area contributed by atoms with Crippen LogP contribution in [0.1, 0.15) is 30.9 Å². The van der Waals surface area contributed by atoms with Crippen LogP contribution in [0.2, 0.25) is 0 Å². The number of aromatic nitrogens is 1. The molecule has 0 fully saturated rings. The Kier molecular flexibility index (Phi) is 7.00. The van der Waals surface area contributed by atoms with Crippen molar-refractivity contribution in [2.75, 3.05) is 6.54 Å². The molecule has 1 amide bonds. The lowest BCUT2D eigenvalue weighted by Gasteiger charge is -2.13. The Labute approximate surface area is 169 Å². The van der Waals surface area contributed by atoms with Crippen molar-refractivity contribution < 1.29 is 18.7 Å². The van der Waals surface area contributed by atoms with Gasteiger partial charge < -0.3 is 15.0 Å². The van der Waals surface area contributed by atoms with Crippen molar-refractivity contribution in [2.45, 2.75) is 38.7 Å². The Morgan fingerprint density at radius 2 is 1.86 bits per heavy atom. The molecule has 1 atom stereocenters. The first-order valence-corrected chi connectivity index (χ1v) is 9.79. The molecule has 0 unspecified atom stereocenters. The van der Waals surface area contributed by atoms with Crippen molar-refractivity contribution in [2.24, 2.45) is 0 Å². The molecule has 29 heavy (non-hydrogen) atoms. The Hall–Kier alpha value is -3.15. The van der Waals surface area contributed by atoms with Crippen LogP contribution >= 0.6 is 0 Å². The second kappa shape index (κ2) is 9.87. The number of esters is 1. The molecular formula is C23H25FN2O3. The highest BCUT2D eigenvalue weighted by molar-refractivity contribution is 5.84. The Morgan fingerprint density at radius 3 is 2.66 bits per heavy atom. The molecule has 6 heteroatoms. The van der Waals surface area contributed by atoms with Crippen LogP contribution in [0.4, 0.5) is 4.39 Å². The van der Waals surface area contributed by atoms with E-state index in [1.807, 2.05) is 24.4 Å². The van der Waals surface area contributed by atoms with E-state index in [1.165, 1.54) is 17.7 Å². The number of H-pyrrole nitrogens is 1. The smallest absolute Gasteiger partial charge is 0.306 e. The number of hydrogen-bond acceptors (Lipinski definition) is 3. The monoisotopic (exact) mass is 396 g/mol. The molecule has 2 aromatic carbocycles. The minimum Gasteiger partial charge on any atom is -0.453 e.